The number of fused-ring (bicyclic) bond motifs is 1. The van der Waals surface area contributed by atoms with Crippen LogP contribution < -0.4 is 10.1 Å². The summed E-state index contributed by atoms with van der Waals surface area (Å²) in [7, 11) is 0. The van der Waals surface area contributed by atoms with Crippen molar-refractivity contribution < 1.29 is 14.6 Å². The SMILES string of the molecule is CC1(C)Oc2ccc(C#N)cc2[C@H](NC(=O)c2ccccc2I)[C@H]1O. The van der Waals surface area contributed by atoms with E-state index in [1.54, 1.807) is 44.2 Å². The van der Waals surface area contributed by atoms with Gasteiger partial charge in [-0.1, -0.05) is 12.1 Å². The zero-order valence-electron chi connectivity index (χ0n) is 13.8. The highest BCUT2D eigenvalue weighted by Gasteiger charge is 2.43. The summed E-state index contributed by atoms with van der Waals surface area (Å²) in [6.45, 7) is 3.54. The van der Waals surface area contributed by atoms with Gasteiger partial charge in [0.25, 0.3) is 5.91 Å². The molecule has 128 valence electrons. The number of amides is 1. The molecule has 2 aromatic carbocycles. The number of benzene rings is 2. The van der Waals surface area contributed by atoms with Crippen molar-refractivity contribution >= 4 is 28.5 Å². The van der Waals surface area contributed by atoms with Crippen LogP contribution in [0.4, 0.5) is 0 Å². The fraction of sp³-hybridized carbons (Fsp3) is 0.263. The lowest BCUT2D eigenvalue weighted by Crippen LogP contribution is -2.53. The molecule has 0 saturated carbocycles. The van der Waals surface area contributed by atoms with Crippen molar-refractivity contribution in [3.05, 3.63) is 62.7 Å². The van der Waals surface area contributed by atoms with Crippen molar-refractivity contribution in [1.82, 2.24) is 5.32 Å². The number of nitriles is 1. The molecule has 2 aromatic rings. The van der Waals surface area contributed by atoms with Crippen molar-refractivity contribution in [2.75, 3.05) is 0 Å². The Morgan fingerprint density at radius 2 is 2.04 bits per heavy atom. The Bertz CT molecular complexity index is 873. The van der Waals surface area contributed by atoms with E-state index in [1.807, 2.05) is 12.1 Å². The van der Waals surface area contributed by atoms with E-state index in [0.717, 1.165) is 3.57 Å². The minimum Gasteiger partial charge on any atom is -0.485 e. The number of carbonyl (C=O) groups excluding carboxylic acids is 1. The summed E-state index contributed by atoms with van der Waals surface area (Å²) in [6.07, 6.45) is -0.959. The van der Waals surface area contributed by atoms with Crippen LogP contribution in [0.15, 0.2) is 42.5 Å². The number of aliphatic hydroxyl groups excluding tert-OH is 1. The van der Waals surface area contributed by atoms with Gasteiger partial charge in [0, 0.05) is 9.13 Å². The highest BCUT2D eigenvalue weighted by atomic mass is 127. The second-order valence-corrected chi connectivity index (χ2v) is 7.61. The third-order valence-electron chi connectivity index (χ3n) is 4.28. The van der Waals surface area contributed by atoms with Crippen LogP contribution in [0.5, 0.6) is 5.75 Å². The molecule has 1 heterocycles. The van der Waals surface area contributed by atoms with Gasteiger partial charge < -0.3 is 15.2 Å². The van der Waals surface area contributed by atoms with Crippen LogP contribution >= 0.6 is 22.6 Å². The van der Waals surface area contributed by atoms with Crippen molar-refractivity contribution in [2.24, 2.45) is 0 Å². The first-order valence-corrected chi connectivity index (χ1v) is 8.88. The van der Waals surface area contributed by atoms with Crippen molar-refractivity contribution in [3.8, 4) is 11.8 Å². The number of nitrogens with one attached hydrogen (secondary N) is 1. The summed E-state index contributed by atoms with van der Waals surface area (Å²) in [5, 5.41) is 22.8. The molecule has 0 fully saturated rings. The number of hydrogen-bond acceptors (Lipinski definition) is 4. The first-order valence-electron chi connectivity index (χ1n) is 7.80. The molecule has 0 saturated heterocycles. The number of rotatable bonds is 2. The molecular weight excluding hydrogens is 431 g/mol. The van der Waals surface area contributed by atoms with Gasteiger partial charge in [-0.25, -0.2) is 0 Å². The first kappa shape index (κ1) is 17.7. The maximum atomic E-state index is 12.7. The fourth-order valence-electron chi connectivity index (χ4n) is 2.89. The molecule has 0 aliphatic carbocycles. The monoisotopic (exact) mass is 448 g/mol. The molecule has 0 bridgehead atoms. The number of halogens is 1. The third-order valence-corrected chi connectivity index (χ3v) is 5.22. The summed E-state index contributed by atoms with van der Waals surface area (Å²) in [6, 6.07) is 13.7. The second kappa shape index (κ2) is 6.65. The zero-order valence-corrected chi connectivity index (χ0v) is 15.9. The lowest BCUT2D eigenvalue weighted by Gasteiger charge is -2.42. The van der Waals surface area contributed by atoms with Gasteiger partial charge in [0.05, 0.1) is 23.2 Å². The van der Waals surface area contributed by atoms with E-state index in [2.05, 4.69) is 34.0 Å². The number of aliphatic hydroxyl groups is 1. The number of carbonyl (C=O) groups is 1. The van der Waals surface area contributed by atoms with Crippen LogP contribution in [-0.4, -0.2) is 22.7 Å². The molecule has 0 unspecified atom stereocenters. The van der Waals surface area contributed by atoms with E-state index < -0.39 is 17.7 Å². The number of ether oxygens (including phenoxy) is 1. The Hall–Kier alpha value is -2.11. The molecule has 5 nitrogen and oxygen atoms in total. The summed E-state index contributed by atoms with van der Waals surface area (Å²) >= 11 is 2.10. The highest BCUT2D eigenvalue weighted by Crippen LogP contribution is 2.40. The predicted octanol–water partition coefficient (Wildman–Crippen LogP) is 3.17. The van der Waals surface area contributed by atoms with Crippen LogP contribution in [0.2, 0.25) is 0 Å². The van der Waals surface area contributed by atoms with E-state index in [4.69, 9.17) is 10.00 Å². The molecule has 2 atom stereocenters. The van der Waals surface area contributed by atoms with Gasteiger partial charge in [-0.05, 0) is 66.8 Å². The molecule has 0 spiro atoms. The topological polar surface area (TPSA) is 82.3 Å². The van der Waals surface area contributed by atoms with Gasteiger partial charge in [-0.15, -0.1) is 0 Å². The smallest absolute Gasteiger partial charge is 0.252 e. The fourth-order valence-corrected chi connectivity index (χ4v) is 3.52. The third kappa shape index (κ3) is 3.34. The molecule has 2 N–H and O–H groups in total. The van der Waals surface area contributed by atoms with Gasteiger partial charge in [0.2, 0.25) is 0 Å². The van der Waals surface area contributed by atoms with Crippen LogP contribution in [0, 0.1) is 14.9 Å². The summed E-state index contributed by atoms with van der Waals surface area (Å²) < 4.78 is 6.68. The van der Waals surface area contributed by atoms with Crippen LogP contribution in [-0.2, 0) is 0 Å². The normalized spacial score (nSPS) is 20.8. The van der Waals surface area contributed by atoms with E-state index in [1.165, 1.54) is 0 Å². The minimum atomic E-state index is -0.959. The quantitative estimate of drug-likeness (QED) is 0.692. The van der Waals surface area contributed by atoms with E-state index in [-0.39, 0.29) is 5.91 Å². The van der Waals surface area contributed by atoms with Crippen molar-refractivity contribution in [3.63, 3.8) is 0 Å². The van der Waals surface area contributed by atoms with Crippen LogP contribution in [0.1, 0.15) is 41.4 Å². The van der Waals surface area contributed by atoms with Gasteiger partial charge >= 0.3 is 0 Å². The average molecular weight is 448 g/mol. The lowest BCUT2D eigenvalue weighted by molar-refractivity contribution is -0.0627. The molecule has 3 rings (SSSR count). The molecule has 1 amide bonds. The van der Waals surface area contributed by atoms with Crippen molar-refractivity contribution in [2.45, 2.75) is 31.6 Å². The number of nitrogens with zero attached hydrogens (tertiary/aromatic N) is 1. The molecule has 0 aromatic heterocycles. The minimum absolute atomic E-state index is 0.278. The predicted molar refractivity (Wildman–Crippen MR) is 101 cm³/mol. The summed E-state index contributed by atoms with van der Waals surface area (Å²) in [5.74, 6) is 0.280. The van der Waals surface area contributed by atoms with Gasteiger partial charge in [-0.3, -0.25) is 4.79 Å². The lowest BCUT2D eigenvalue weighted by atomic mass is 9.85. The van der Waals surface area contributed by atoms with Crippen LogP contribution in [0.3, 0.4) is 0 Å². The maximum absolute atomic E-state index is 12.7. The van der Waals surface area contributed by atoms with Gasteiger partial charge in [0.1, 0.15) is 17.5 Å². The second-order valence-electron chi connectivity index (χ2n) is 6.45. The highest BCUT2D eigenvalue weighted by molar-refractivity contribution is 14.1. The Morgan fingerprint density at radius 3 is 2.72 bits per heavy atom. The largest absolute Gasteiger partial charge is 0.485 e. The Morgan fingerprint density at radius 1 is 1.32 bits per heavy atom. The van der Waals surface area contributed by atoms with E-state index in [0.29, 0.717) is 22.4 Å². The Balaban J connectivity index is 2.01. The molecule has 1 aliphatic heterocycles. The standard InChI is InChI=1S/C19H17IN2O3/c1-19(2)17(23)16(13-9-11(10-21)7-8-15(13)25-19)22-18(24)12-5-3-4-6-14(12)20/h3-9,16-17,23H,1-2H3,(H,22,24)/t16-,17+/m0/s1. The average Bonchev–Trinajstić information content (AvgIpc) is 2.58. The summed E-state index contributed by atoms with van der Waals surface area (Å²) in [4.78, 5) is 12.7. The zero-order chi connectivity index (χ0) is 18.2. The first-order chi connectivity index (χ1) is 11.8. The van der Waals surface area contributed by atoms with E-state index >= 15 is 0 Å². The molecule has 6 heteroatoms. The maximum Gasteiger partial charge on any atom is 0.252 e. The molecular formula is C19H17IN2O3. The molecule has 1 aliphatic rings. The van der Waals surface area contributed by atoms with Gasteiger partial charge in [0.15, 0.2) is 0 Å². The molecule has 25 heavy (non-hydrogen) atoms. The van der Waals surface area contributed by atoms with E-state index in [9.17, 15) is 9.90 Å². The van der Waals surface area contributed by atoms with Gasteiger partial charge in [-0.2, -0.15) is 5.26 Å². The number of hydrogen-bond donors (Lipinski definition) is 2. The van der Waals surface area contributed by atoms with Crippen LogP contribution in [0.25, 0.3) is 0 Å². The Labute approximate surface area is 159 Å². The van der Waals surface area contributed by atoms with Crippen molar-refractivity contribution in [1.29, 1.82) is 5.26 Å². The molecule has 0 radical (unpaired) electrons. The summed E-state index contributed by atoms with van der Waals surface area (Å²) in [5.41, 5.74) is 0.716. The Kier molecular flexibility index (Phi) is 4.71.